The minimum Gasteiger partial charge on any atom is -0.465 e. The van der Waals surface area contributed by atoms with Crippen LogP contribution in [0.3, 0.4) is 0 Å². The zero-order valence-corrected chi connectivity index (χ0v) is 22.9. The van der Waals surface area contributed by atoms with Gasteiger partial charge in [-0.15, -0.1) is 0 Å². The van der Waals surface area contributed by atoms with E-state index < -0.39 is 31.1 Å². The number of halogens is 1. The molecule has 0 spiro atoms. The molecule has 1 heterocycles. The Balaban J connectivity index is 2.19. The van der Waals surface area contributed by atoms with E-state index in [0.717, 1.165) is 11.6 Å². The first-order chi connectivity index (χ1) is 15.1. The molecule has 33 heavy (non-hydrogen) atoms. The van der Waals surface area contributed by atoms with Crippen LogP contribution in [-0.2, 0) is 10.4 Å². The van der Waals surface area contributed by atoms with Gasteiger partial charge in [0.05, 0.1) is 11.5 Å². The van der Waals surface area contributed by atoms with Gasteiger partial charge in [-0.2, -0.15) is 0 Å². The number of aliphatic hydroxyl groups is 1. The lowest BCUT2D eigenvalue weighted by Crippen LogP contribution is -2.58. The second kappa shape index (κ2) is 10.4. The third-order valence-corrected chi connectivity index (χ3v) is 9.00. The molecule has 2 rings (SSSR count). The molecule has 2 amide bonds. The number of hydrogen-bond donors (Lipinski definition) is 2. The van der Waals surface area contributed by atoms with Crippen LogP contribution in [0.5, 0.6) is 0 Å². The maximum absolute atomic E-state index is 13.6. The second-order valence-electron chi connectivity index (χ2n) is 11.7. The number of carboxylic acid groups (broad SMARTS) is 1. The highest BCUT2D eigenvalue weighted by Gasteiger charge is 2.50. The Kier molecular flexibility index (Phi) is 8.69. The van der Waals surface area contributed by atoms with E-state index in [1.807, 2.05) is 44.7 Å². The van der Waals surface area contributed by atoms with Crippen molar-refractivity contribution in [3.05, 3.63) is 34.9 Å². The maximum Gasteiger partial charge on any atom is 0.407 e. The van der Waals surface area contributed by atoms with Gasteiger partial charge in [0, 0.05) is 44.7 Å². The van der Waals surface area contributed by atoms with Gasteiger partial charge < -0.3 is 20.0 Å². The molecule has 186 valence electrons. The van der Waals surface area contributed by atoms with Gasteiger partial charge in [0.25, 0.3) is 0 Å². The fourth-order valence-electron chi connectivity index (χ4n) is 4.55. The standard InChI is InChI=1S/C25H41ClN2O4Si/c1-18(2)21(16-27(23(30)31)14-15-33(5,6)7)22(29)28-13-12-25(32,24(3,4)17-28)19-8-10-20(26)11-9-19/h8-11,18,21,32H,12-17H2,1-7H3,(H,30,31)/t21-,25-/m0/s1. The molecule has 0 saturated carbocycles. The van der Waals surface area contributed by atoms with Crippen LogP contribution in [0.2, 0.25) is 30.7 Å². The van der Waals surface area contributed by atoms with Crippen molar-refractivity contribution in [3.63, 3.8) is 0 Å². The molecule has 1 aromatic carbocycles. The number of amides is 2. The summed E-state index contributed by atoms with van der Waals surface area (Å²) in [6.07, 6.45) is -0.556. The summed E-state index contributed by atoms with van der Waals surface area (Å²) in [5, 5.41) is 22.0. The van der Waals surface area contributed by atoms with E-state index >= 15 is 0 Å². The molecule has 0 aromatic heterocycles. The van der Waals surface area contributed by atoms with Gasteiger partial charge in [-0.3, -0.25) is 4.79 Å². The minimum atomic E-state index is -1.41. The Bertz CT molecular complexity index is 838. The van der Waals surface area contributed by atoms with E-state index in [0.29, 0.717) is 31.1 Å². The topological polar surface area (TPSA) is 81.1 Å². The van der Waals surface area contributed by atoms with E-state index in [1.54, 1.807) is 12.1 Å². The highest BCUT2D eigenvalue weighted by molar-refractivity contribution is 6.76. The summed E-state index contributed by atoms with van der Waals surface area (Å²) in [5.41, 5.74) is -0.861. The van der Waals surface area contributed by atoms with Crippen LogP contribution in [0.15, 0.2) is 24.3 Å². The van der Waals surface area contributed by atoms with Crippen molar-refractivity contribution in [1.82, 2.24) is 9.80 Å². The fraction of sp³-hybridized carbons (Fsp3) is 0.680. The predicted molar refractivity (Wildman–Crippen MR) is 136 cm³/mol. The summed E-state index contributed by atoms with van der Waals surface area (Å²) in [4.78, 5) is 28.7. The van der Waals surface area contributed by atoms with Gasteiger partial charge in [-0.1, -0.05) is 71.1 Å². The first-order valence-corrected chi connectivity index (χ1v) is 15.9. The fourth-order valence-corrected chi connectivity index (χ4v) is 5.62. The number of piperidine rings is 1. The number of carbonyl (C=O) groups excluding carboxylic acids is 1. The molecule has 6 nitrogen and oxygen atoms in total. The summed E-state index contributed by atoms with van der Waals surface area (Å²) in [6, 6.07) is 8.11. The molecule has 0 bridgehead atoms. The normalized spacial score (nSPS) is 21.7. The number of rotatable bonds is 8. The smallest absolute Gasteiger partial charge is 0.407 e. The quantitative estimate of drug-likeness (QED) is 0.473. The van der Waals surface area contributed by atoms with Crippen molar-refractivity contribution in [2.75, 3.05) is 26.2 Å². The van der Waals surface area contributed by atoms with Crippen LogP contribution in [0.25, 0.3) is 0 Å². The molecule has 1 aliphatic heterocycles. The Morgan fingerprint density at radius 2 is 1.76 bits per heavy atom. The van der Waals surface area contributed by atoms with Crippen LogP contribution < -0.4 is 0 Å². The Morgan fingerprint density at radius 3 is 2.21 bits per heavy atom. The van der Waals surface area contributed by atoms with Crippen LogP contribution in [0, 0.1) is 17.3 Å². The van der Waals surface area contributed by atoms with Crippen LogP contribution in [0.4, 0.5) is 4.79 Å². The molecule has 8 heteroatoms. The lowest BCUT2D eigenvalue weighted by Gasteiger charge is -2.51. The van der Waals surface area contributed by atoms with Gasteiger partial charge in [-0.25, -0.2) is 4.79 Å². The zero-order valence-electron chi connectivity index (χ0n) is 21.2. The molecule has 1 aliphatic rings. The highest BCUT2D eigenvalue weighted by atomic mass is 35.5. The van der Waals surface area contributed by atoms with E-state index in [9.17, 15) is 19.8 Å². The molecule has 2 N–H and O–H groups in total. The van der Waals surface area contributed by atoms with Crippen molar-refractivity contribution in [2.45, 2.75) is 65.4 Å². The molecule has 0 aliphatic carbocycles. The lowest BCUT2D eigenvalue weighted by molar-refractivity contribution is -0.158. The Labute approximate surface area is 204 Å². The molecule has 1 aromatic rings. The van der Waals surface area contributed by atoms with Gasteiger partial charge in [0.15, 0.2) is 0 Å². The third-order valence-electron chi connectivity index (χ3n) is 7.02. The molecule has 0 radical (unpaired) electrons. The first kappa shape index (κ1) is 27.7. The van der Waals surface area contributed by atoms with Crippen molar-refractivity contribution in [3.8, 4) is 0 Å². The van der Waals surface area contributed by atoms with Crippen molar-refractivity contribution < 1.29 is 19.8 Å². The number of nitrogens with zero attached hydrogens (tertiary/aromatic N) is 2. The van der Waals surface area contributed by atoms with Crippen LogP contribution >= 0.6 is 11.6 Å². The molecule has 0 unspecified atom stereocenters. The number of likely N-dealkylation sites (tertiary alicyclic amines) is 1. The van der Waals surface area contributed by atoms with E-state index in [4.69, 9.17) is 11.6 Å². The monoisotopic (exact) mass is 496 g/mol. The summed E-state index contributed by atoms with van der Waals surface area (Å²) < 4.78 is 0. The number of hydrogen-bond acceptors (Lipinski definition) is 3. The second-order valence-corrected chi connectivity index (χ2v) is 17.7. The highest BCUT2D eigenvalue weighted by Crippen LogP contribution is 2.46. The van der Waals surface area contributed by atoms with Gasteiger partial charge in [0.1, 0.15) is 0 Å². The Morgan fingerprint density at radius 1 is 1.18 bits per heavy atom. The van der Waals surface area contributed by atoms with Crippen molar-refractivity contribution in [1.29, 1.82) is 0 Å². The summed E-state index contributed by atoms with van der Waals surface area (Å²) in [6.45, 7) is 16.0. The summed E-state index contributed by atoms with van der Waals surface area (Å²) in [7, 11) is -1.41. The summed E-state index contributed by atoms with van der Waals surface area (Å²) >= 11 is 6.03. The van der Waals surface area contributed by atoms with Gasteiger partial charge in [-0.05, 0) is 36.1 Å². The van der Waals surface area contributed by atoms with Crippen molar-refractivity contribution in [2.24, 2.45) is 17.3 Å². The van der Waals surface area contributed by atoms with Gasteiger partial charge >= 0.3 is 6.09 Å². The van der Waals surface area contributed by atoms with Crippen molar-refractivity contribution >= 4 is 31.7 Å². The van der Waals surface area contributed by atoms with E-state index in [1.165, 1.54) is 4.90 Å². The molecule has 1 fully saturated rings. The average Bonchev–Trinajstić information content (AvgIpc) is 2.68. The largest absolute Gasteiger partial charge is 0.465 e. The van der Waals surface area contributed by atoms with Crippen LogP contribution in [-0.4, -0.2) is 66.3 Å². The molecule has 2 atom stereocenters. The number of carbonyl (C=O) groups is 2. The third kappa shape index (κ3) is 6.73. The molecular formula is C25H41ClN2O4Si. The van der Waals surface area contributed by atoms with E-state index in [2.05, 4.69) is 19.6 Å². The first-order valence-electron chi connectivity index (χ1n) is 11.8. The SMILES string of the molecule is CC(C)[C@H](CN(CC[Si](C)(C)C)C(=O)O)C(=O)N1CC[C@](O)(c2ccc(Cl)cc2)C(C)(C)C1. The van der Waals surface area contributed by atoms with Crippen LogP contribution in [0.1, 0.15) is 39.7 Å². The number of benzene rings is 1. The zero-order chi connectivity index (χ0) is 25.2. The lowest BCUT2D eigenvalue weighted by atomic mass is 9.66. The molecular weight excluding hydrogens is 456 g/mol. The Hall–Kier alpha value is -1.57. The van der Waals surface area contributed by atoms with Gasteiger partial charge in [0.2, 0.25) is 5.91 Å². The molecule has 1 saturated heterocycles. The predicted octanol–water partition coefficient (Wildman–Crippen LogP) is 5.38. The maximum atomic E-state index is 13.6. The summed E-state index contributed by atoms with van der Waals surface area (Å²) in [5.74, 6) is -0.442. The average molecular weight is 497 g/mol. The van der Waals surface area contributed by atoms with E-state index in [-0.39, 0.29) is 18.4 Å². The minimum absolute atomic E-state index is 0.00594.